The van der Waals surface area contributed by atoms with Crippen molar-refractivity contribution < 1.29 is 23.1 Å². The number of nitrogens with one attached hydrogen (secondary N) is 1. The molecule has 43 heavy (non-hydrogen) atoms. The number of carbonyl (C=O) groups is 1. The van der Waals surface area contributed by atoms with Crippen LogP contribution in [0, 0.1) is 5.92 Å². The van der Waals surface area contributed by atoms with Crippen LogP contribution in [0.3, 0.4) is 0 Å². The first kappa shape index (κ1) is 29.5. The summed E-state index contributed by atoms with van der Waals surface area (Å²) >= 11 is 0. The summed E-state index contributed by atoms with van der Waals surface area (Å²) in [4.78, 5) is 29.9. The fourth-order valence-corrected chi connectivity index (χ4v) is 6.71. The Labute approximate surface area is 249 Å². The molecule has 228 valence electrons. The van der Waals surface area contributed by atoms with E-state index in [1.807, 2.05) is 40.3 Å². The summed E-state index contributed by atoms with van der Waals surface area (Å²) in [7, 11) is 0. The third kappa shape index (κ3) is 6.67. The van der Waals surface area contributed by atoms with Gasteiger partial charge in [-0.1, -0.05) is 6.07 Å². The lowest BCUT2D eigenvalue weighted by Gasteiger charge is -2.37. The van der Waals surface area contributed by atoms with E-state index in [1.54, 1.807) is 12.4 Å². The molecule has 3 aromatic rings. The maximum atomic E-state index is 13.3. The third-order valence-corrected chi connectivity index (χ3v) is 9.28. The van der Waals surface area contributed by atoms with Crippen molar-refractivity contribution in [2.45, 2.75) is 68.8 Å². The second-order valence-electron chi connectivity index (χ2n) is 12.1. The van der Waals surface area contributed by atoms with E-state index in [9.17, 15) is 23.1 Å². The van der Waals surface area contributed by atoms with Crippen LogP contribution < -0.4 is 10.2 Å². The van der Waals surface area contributed by atoms with Crippen molar-refractivity contribution in [3.8, 4) is 11.1 Å². The van der Waals surface area contributed by atoms with Gasteiger partial charge in [0.25, 0.3) is 0 Å². The molecule has 1 atom stereocenters. The zero-order chi connectivity index (χ0) is 30.0. The van der Waals surface area contributed by atoms with Crippen LogP contribution in [0.2, 0.25) is 0 Å². The molecule has 3 aromatic heterocycles. The van der Waals surface area contributed by atoms with Gasteiger partial charge in [0, 0.05) is 74.5 Å². The van der Waals surface area contributed by atoms with E-state index in [-0.39, 0.29) is 23.9 Å². The molecule has 0 spiro atoms. The topological polar surface area (TPSA) is 94.5 Å². The zero-order valence-electron chi connectivity index (χ0n) is 24.0. The van der Waals surface area contributed by atoms with Gasteiger partial charge in [0.05, 0.1) is 11.3 Å². The Bertz CT molecular complexity index is 1390. The summed E-state index contributed by atoms with van der Waals surface area (Å²) in [6.07, 6.45) is 7.09. The Morgan fingerprint density at radius 1 is 0.884 bits per heavy atom. The molecule has 1 saturated carbocycles. The number of alkyl halides is 3. The molecule has 0 radical (unpaired) electrons. The van der Waals surface area contributed by atoms with Gasteiger partial charge >= 0.3 is 6.18 Å². The highest BCUT2D eigenvalue weighted by Crippen LogP contribution is 2.37. The zero-order valence-corrected chi connectivity index (χ0v) is 24.0. The minimum absolute atomic E-state index is 0.122. The molecule has 0 bridgehead atoms. The number of anilines is 1. The van der Waals surface area contributed by atoms with Crippen molar-refractivity contribution in [1.29, 1.82) is 0 Å². The molecular weight excluding hydrogens is 557 g/mol. The second kappa shape index (κ2) is 12.2. The van der Waals surface area contributed by atoms with E-state index in [0.717, 1.165) is 42.5 Å². The van der Waals surface area contributed by atoms with Crippen molar-refractivity contribution >= 4 is 11.7 Å². The Kier molecular flexibility index (Phi) is 8.37. The van der Waals surface area contributed by atoms with Gasteiger partial charge in [-0.15, -0.1) is 0 Å². The van der Waals surface area contributed by atoms with E-state index < -0.39 is 17.3 Å². The number of carbonyl (C=O) groups excluding carboxylic acids is 1. The molecular formula is C32H37F3N6O2. The summed E-state index contributed by atoms with van der Waals surface area (Å²) in [6, 6.07) is 10.3. The lowest BCUT2D eigenvalue weighted by molar-refractivity contribution is -0.137. The van der Waals surface area contributed by atoms with Gasteiger partial charge in [0.1, 0.15) is 11.4 Å². The number of pyridine rings is 3. The first-order chi connectivity index (χ1) is 20.7. The smallest absolute Gasteiger partial charge is 0.384 e. The average Bonchev–Trinajstić information content (AvgIpc) is 3.51. The van der Waals surface area contributed by atoms with E-state index >= 15 is 0 Å². The number of aromatic nitrogens is 3. The van der Waals surface area contributed by atoms with Crippen molar-refractivity contribution in [2.24, 2.45) is 5.92 Å². The number of hydrogen-bond acceptors (Lipinski definition) is 7. The molecule has 0 aromatic carbocycles. The summed E-state index contributed by atoms with van der Waals surface area (Å²) in [6.45, 7) is 2.38. The van der Waals surface area contributed by atoms with Crippen molar-refractivity contribution in [3.05, 3.63) is 72.4 Å². The largest absolute Gasteiger partial charge is 0.416 e. The van der Waals surface area contributed by atoms with Crippen LogP contribution in [0.25, 0.3) is 11.1 Å². The van der Waals surface area contributed by atoms with Gasteiger partial charge < -0.3 is 20.2 Å². The third-order valence-electron chi connectivity index (χ3n) is 9.28. The van der Waals surface area contributed by atoms with Crippen molar-refractivity contribution in [3.63, 3.8) is 0 Å². The van der Waals surface area contributed by atoms with Gasteiger partial charge in [-0.3, -0.25) is 14.8 Å². The predicted octanol–water partition coefficient (Wildman–Crippen LogP) is 4.79. The number of likely N-dealkylation sites (tertiary alicyclic amines) is 1. The van der Waals surface area contributed by atoms with E-state index in [0.29, 0.717) is 63.4 Å². The van der Waals surface area contributed by atoms with Crippen LogP contribution in [0.5, 0.6) is 0 Å². The first-order valence-electron chi connectivity index (χ1n) is 15.1. The monoisotopic (exact) mass is 594 g/mol. The molecule has 3 aliphatic rings. The van der Waals surface area contributed by atoms with Crippen LogP contribution >= 0.6 is 0 Å². The maximum absolute atomic E-state index is 13.3. The predicted molar refractivity (Wildman–Crippen MR) is 156 cm³/mol. The van der Waals surface area contributed by atoms with Gasteiger partial charge in [-0.05, 0) is 80.8 Å². The number of amides is 1. The van der Waals surface area contributed by atoms with Crippen LogP contribution in [0.4, 0.5) is 19.0 Å². The second-order valence-corrected chi connectivity index (χ2v) is 12.1. The Morgan fingerprint density at radius 2 is 1.63 bits per heavy atom. The molecule has 5 heterocycles. The highest BCUT2D eigenvalue weighted by atomic mass is 19.4. The minimum atomic E-state index is -4.41. The quantitative estimate of drug-likeness (QED) is 0.424. The average molecular weight is 595 g/mol. The lowest BCUT2D eigenvalue weighted by atomic mass is 9.79. The Hall–Kier alpha value is -3.57. The number of nitrogens with zero attached hydrogens (tertiary/aromatic N) is 5. The number of piperidine rings is 1. The molecule has 6 rings (SSSR count). The van der Waals surface area contributed by atoms with Gasteiger partial charge in [-0.2, -0.15) is 13.2 Å². The molecule has 3 fully saturated rings. The van der Waals surface area contributed by atoms with E-state index in [4.69, 9.17) is 0 Å². The van der Waals surface area contributed by atoms with E-state index in [1.165, 1.54) is 6.20 Å². The molecule has 1 aliphatic carbocycles. The molecule has 2 aliphatic heterocycles. The minimum Gasteiger partial charge on any atom is -0.384 e. The molecule has 1 unspecified atom stereocenters. The number of rotatable bonds is 6. The van der Waals surface area contributed by atoms with Crippen molar-refractivity contribution in [2.75, 3.05) is 31.1 Å². The number of halogens is 3. The fraction of sp³-hybridized carbons (Fsp3) is 0.500. The fourth-order valence-electron chi connectivity index (χ4n) is 6.71. The van der Waals surface area contributed by atoms with Gasteiger partial charge in [0.2, 0.25) is 5.91 Å². The Morgan fingerprint density at radius 3 is 2.30 bits per heavy atom. The van der Waals surface area contributed by atoms with Crippen LogP contribution in [0.15, 0.2) is 61.2 Å². The summed E-state index contributed by atoms with van der Waals surface area (Å²) in [5.41, 5.74) is 1.09. The molecule has 8 nitrogen and oxygen atoms in total. The standard InChI is InChI=1S/C32H37F3N6O2/c33-32(34,35)25-7-15-37-29(19-25)40-16-8-23(9-17-40)30(42)41-18-10-27(21-41)39-26-3-11-31(43,12-4-26)28-2-1-24(20-38-28)22-5-13-36-14-6-22/h1-2,5-7,13-15,19-20,23,26-27,39,43H,3-4,8-12,16-18,21H2. The number of hydrogen-bond donors (Lipinski definition) is 2. The highest BCUT2D eigenvalue weighted by Gasteiger charge is 2.38. The summed E-state index contributed by atoms with van der Waals surface area (Å²) < 4.78 is 39.3. The lowest BCUT2D eigenvalue weighted by Crippen LogP contribution is -2.46. The van der Waals surface area contributed by atoms with Crippen LogP contribution in [0.1, 0.15) is 56.2 Å². The molecule has 1 amide bonds. The SMILES string of the molecule is O=C(C1CCN(c2cc(C(F)(F)F)ccn2)CC1)N1CCC(NC2CCC(O)(c3ccc(-c4ccncc4)cn3)CC2)C1. The van der Waals surface area contributed by atoms with Crippen molar-refractivity contribution in [1.82, 2.24) is 25.2 Å². The molecule has 2 saturated heterocycles. The molecule has 2 N–H and O–H groups in total. The summed E-state index contributed by atoms with van der Waals surface area (Å²) in [5, 5.41) is 15.1. The highest BCUT2D eigenvalue weighted by molar-refractivity contribution is 5.79. The number of aliphatic hydroxyl groups is 1. The van der Waals surface area contributed by atoms with Gasteiger partial charge in [-0.25, -0.2) is 4.98 Å². The van der Waals surface area contributed by atoms with Crippen LogP contribution in [-0.2, 0) is 16.6 Å². The first-order valence-corrected chi connectivity index (χ1v) is 15.1. The van der Waals surface area contributed by atoms with E-state index in [2.05, 4.69) is 20.3 Å². The Balaban J connectivity index is 0.955. The normalized spacial score (nSPS) is 25.2. The van der Waals surface area contributed by atoms with Gasteiger partial charge in [0.15, 0.2) is 0 Å². The maximum Gasteiger partial charge on any atom is 0.416 e. The molecule has 11 heteroatoms. The summed E-state index contributed by atoms with van der Waals surface area (Å²) in [5.74, 6) is 0.325. The van der Waals surface area contributed by atoms with Crippen LogP contribution in [-0.4, -0.2) is 69.1 Å².